The van der Waals surface area contributed by atoms with Crippen LogP contribution in [0.15, 0.2) is 24.3 Å². The number of rotatable bonds is 5. The maximum Gasteiger partial charge on any atom is 0.416 e. The molecule has 0 amide bonds. The third-order valence-corrected chi connectivity index (χ3v) is 3.67. The summed E-state index contributed by atoms with van der Waals surface area (Å²) in [4.78, 5) is 2.17. The lowest BCUT2D eigenvalue weighted by Crippen LogP contribution is -2.45. The topological polar surface area (TPSA) is 44.7 Å². The van der Waals surface area contributed by atoms with Gasteiger partial charge in [-0.3, -0.25) is 0 Å². The molecular weight excluding hydrogens is 297 g/mol. The van der Waals surface area contributed by atoms with Crippen LogP contribution in [0.25, 0.3) is 0 Å². The molecule has 0 radical (unpaired) electrons. The molecule has 1 saturated heterocycles. The number of nitrogens with one attached hydrogen (secondary N) is 1. The first-order valence-corrected chi connectivity index (χ1v) is 7.22. The monoisotopic (exact) mass is 318 g/mol. The molecule has 2 atom stereocenters. The van der Waals surface area contributed by atoms with E-state index in [9.17, 15) is 18.3 Å². The van der Waals surface area contributed by atoms with Crippen LogP contribution < -0.4 is 5.32 Å². The SMILES string of the molecule is CN1CCO[C@H](CNC[C@@H](O)c2ccc(C(F)(F)F)cc2)C1. The van der Waals surface area contributed by atoms with Gasteiger partial charge in [-0.1, -0.05) is 12.1 Å². The van der Waals surface area contributed by atoms with Crippen molar-refractivity contribution < 1.29 is 23.0 Å². The van der Waals surface area contributed by atoms with E-state index >= 15 is 0 Å². The van der Waals surface area contributed by atoms with E-state index in [1.165, 1.54) is 12.1 Å². The van der Waals surface area contributed by atoms with Gasteiger partial charge in [0.25, 0.3) is 0 Å². The predicted octanol–water partition coefficient (Wildman–Crippen LogP) is 1.66. The standard InChI is InChI=1S/C15H21F3N2O2/c1-20-6-7-22-13(10-20)8-19-9-14(21)11-2-4-12(5-3-11)15(16,17)18/h2-5,13-14,19,21H,6-10H2,1H3/t13-,14-/m1/s1. The fourth-order valence-corrected chi connectivity index (χ4v) is 2.38. The molecule has 22 heavy (non-hydrogen) atoms. The zero-order valence-corrected chi connectivity index (χ0v) is 12.4. The summed E-state index contributed by atoms with van der Waals surface area (Å²) in [5.74, 6) is 0. The van der Waals surface area contributed by atoms with Gasteiger partial charge in [-0.25, -0.2) is 0 Å². The summed E-state index contributed by atoms with van der Waals surface area (Å²) < 4.78 is 43.0. The van der Waals surface area contributed by atoms with Gasteiger partial charge in [0.15, 0.2) is 0 Å². The summed E-state index contributed by atoms with van der Waals surface area (Å²) in [7, 11) is 2.02. The minimum Gasteiger partial charge on any atom is -0.387 e. The predicted molar refractivity (Wildman–Crippen MR) is 76.5 cm³/mol. The Balaban J connectivity index is 1.78. The van der Waals surface area contributed by atoms with Crippen LogP contribution in [0.1, 0.15) is 17.2 Å². The molecular formula is C15H21F3N2O2. The number of hydrogen-bond donors (Lipinski definition) is 2. The zero-order chi connectivity index (χ0) is 16.2. The number of morpholine rings is 1. The second kappa shape index (κ2) is 7.41. The molecule has 1 aromatic carbocycles. The van der Waals surface area contributed by atoms with E-state index in [-0.39, 0.29) is 12.6 Å². The highest BCUT2D eigenvalue weighted by atomic mass is 19.4. The van der Waals surface area contributed by atoms with E-state index in [1.54, 1.807) is 0 Å². The molecule has 2 N–H and O–H groups in total. The Morgan fingerprint density at radius 3 is 2.64 bits per heavy atom. The first-order chi connectivity index (χ1) is 10.4. The fourth-order valence-electron chi connectivity index (χ4n) is 2.38. The van der Waals surface area contributed by atoms with Gasteiger partial charge in [-0.05, 0) is 24.7 Å². The van der Waals surface area contributed by atoms with Gasteiger partial charge < -0.3 is 20.1 Å². The van der Waals surface area contributed by atoms with Crippen LogP contribution in [0.4, 0.5) is 13.2 Å². The average molecular weight is 318 g/mol. The van der Waals surface area contributed by atoms with Crippen LogP contribution in [0, 0.1) is 0 Å². The molecule has 0 bridgehead atoms. The largest absolute Gasteiger partial charge is 0.416 e. The Morgan fingerprint density at radius 1 is 1.36 bits per heavy atom. The first-order valence-electron chi connectivity index (χ1n) is 7.22. The van der Waals surface area contributed by atoms with Crippen molar-refractivity contribution in [3.63, 3.8) is 0 Å². The van der Waals surface area contributed by atoms with Crippen molar-refractivity contribution in [3.05, 3.63) is 35.4 Å². The molecule has 1 aliphatic rings. The van der Waals surface area contributed by atoms with Gasteiger partial charge in [0.1, 0.15) is 0 Å². The Kier molecular flexibility index (Phi) is 5.80. The molecule has 7 heteroatoms. The van der Waals surface area contributed by atoms with E-state index in [4.69, 9.17) is 4.74 Å². The molecule has 0 unspecified atom stereocenters. The Hall–Kier alpha value is -1.15. The molecule has 1 fully saturated rings. The van der Waals surface area contributed by atoms with Crippen molar-refractivity contribution in [1.82, 2.24) is 10.2 Å². The van der Waals surface area contributed by atoms with Gasteiger partial charge in [-0.15, -0.1) is 0 Å². The van der Waals surface area contributed by atoms with Crippen molar-refractivity contribution in [2.24, 2.45) is 0 Å². The van der Waals surface area contributed by atoms with E-state index in [2.05, 4.69) is 10.2 Å². The lowest BCUT2D eigenvalue weighted by molar-refractivity contribution is -0.137. The summed E-state index contributed by atoms with van der Waals surface area (Å²) >= 11 is 0. The number of halogens is 3. The van der Waals surface area contributed by atoms with Gasteiger partial charge >= 0.3 is 6.18 Å². The molecule has 4 nitrogen and oxygen atoms in total. The number of aliphatic hydroxyl groups is 1. The normalized spacial score (nSPS) is 21.8. The van der Waals surface area contributed by atoms with E-state index < -0.39 is 17.8 Å². The summed E-state index contributed by atoms with van der Waals surface area (Å²) in [6.07, 6.45) is -5.13. The molecule has 0 aliphatic carbocycles. The lowest BCUT2D eigenvalue weighted by Gasteiger charge is -2.30. The second-order valence-corrected chi connectivity index (χ2v) is 5.55. The Morgan fingerprint density at radius 2 is 2.05 bits per heavy atom. The molecule has 0 saturated carbocycles. The van der Waals surface area contributed by atoms with Crippen LogP contribution in [0.3, 0.4) is 0 Å². The van der Waals surface area contributed by atoms with E-state index in [0.717, 1.165) is 25.2 Å². The average Bonchev–Trinajstić information content (AvgIpc) is 2.46. The van der Waals surface area contributed by atoms with Crippen molar-refractivity contribution in [1.29, 1.82) is 0 Å². The number of nitrogens with zero attached hydrogens (tertiary/aromatic N) is 1. The van der Waals surface area contributed by atoms with Crippen molar-refractivity contribution in [2.75, 3.05) is 39.8 Å². The number of ether oxygens (including phenoxy) is 1. The third kappa shape index (κ3) is 4.95. The lowest BCUT2D eigenvalue weighted by atomic mass is 10.1. The number of alkyl halides is 3. The van der Waals surface area contributed by atoms with Crippen molar-refractivity contribution >= 4 is 0 Å². The molecule has 1 aliphatic heterocycles. The number of likely N-dealkylation sites (N-methyl/N-ethyl adjacent to an activating group) is 1. The van der Waals surface area contributed by atoms with Gasteiger partial charge in [-0.2, -0.15) is 13.2 Å². The number of hydrogen-bond acceptors (Lipinski definition) is 4. The van der Waals surface area contributed by atoms with E-state index in [0.29, 0.717) is 18.7 Å². The van der Waals surface area contributed by atoms with Crippen LogP contribution >= 0.6 is 0 Å². The molecule has 0 spiro atoms. The molecule has 1 heterocycles. The summed E-state index contributed by atoms with van der Waals surface area (Å²) in [5, 5.41) is 13.1. The third-order valence-electron chi connectivity index (χ3n) is 3.67. The van der Waals surface area contributed by atoms with Gasteiger partial charge in [0, 0.05) is 26.2 Å². The minimum absolute atomic E-state index is 0.0681. The fraction of sp³-hybridized carbons (Fsp3) is 0.600. The highest BCUT2D eigenvalue weighted by Crippen LogP contribution is 2.29. The smallest absolute Gasteiger partial charge is 0.387 e. The molecule has 2 rings (SSSR count). The molecule has 0 aromatic heterocycles. The van der Waals surface area contributed by atoms with Gasteiger partial charge in [0.2, 0.25) is 0 Å². The quantitative estimate of drug-likeness (QED) is 0.867. The number of benzene rings is 1. The summed E-state index contributed by atoms with van der Waals surface area (Å²) in [5.41, 5.74) is -0.253. The van der Waals surface area contributed by atoms with E-state index in [1.807, 2.05) is 7.05 Å². The number of aliphatic hydroxyl groups excluding tert-OH is 1. The molecule has 1 aromatic rings. The second-order valence-electron chi connectivity index (χ2n) is 5.55. The van der Waals surface area contributed by atoms with Crippen LogP contribution in [-0.4, -0.2) is 55.9 Å². The van der Waals surface area contributed by atoms with Crippen molar-refractivity contribution in [3.8, 4) is 0 Å². The van der Waals surface area contributed by atoms with Crippen LogP contribution in [-0.2, 0) is 10.9 Å². The maximum atomic E-state index is 12.5. The van der Waals surface area contributed by atoms with Gasteiger partial charge in [0.05, 0.1) is 24.4 Å². The highest BCUT2D eigenvalue weighted by Gasteiger charge is 2.30. The van der Waals surface area contributed by atoms with Crippen LogP contribution in [0.5, 0.6) is 0 Å². The highest BCUT2D eigenvalue weighted by molar-refractivity contribution is 5.26. The summed E-state index contributed by atoms with van der Waals surface area (Å²) in [6, 6.07) is 4.58. The molecule has 124 valence electrons. The Labute approximate surface area is 127 Å². The van der Waals surface area contributed by atoms with Crippen LogP contribution in [0.2, 0.25) is 0 Å². The summed E-state index contributed by atoms with van der Waals surface area (Å²) in [6.45, 7) is 3.29. The van der Waals surface area contributed by atoms with Crippen molar-refractivity contribution in [2.45, 2.75) is 18.4 Å². The first kappa shape index (κ1) is 17.2. The Bertz CT molecular complexity index is 465. The maximum absolute atomic E-state index is 12.5. The minimum atomic E-state index is -4.36. The zero-order valence-electron chi connectivity index (χ0n) is 12.4.